The molecule has 1 aromatic rings. The van der Waals surface area contributed by atoms with Crippen LogP contribution in [0.1, 0.15) is 5.56 Å². The SMILES string of the molecule is O[C@H](CCl)C/N=C/c1ccccc1. The summed E-state index contributed by atoms with van der Waals surface area (Å²) in [6, 6.07) is 9.75. The van der Waals surface area contributed by atoms with Crippen molar-refractivity contribution in [2.24, 2.45) is 4.99 Å². The van der Waals surface area contributed by atoms with Crippen LogP contribution in [-0.4, -0.2) is 29.8 Å². The molecule has 0 spiro atoms. The molecule has 1 atom stereocenters. The van der Waals surface area contributed by atoms with Gasteiger partial charge in [0.2, 0.25) is 0 Å². The van der Waals surface area contributed by atoms with Crippen molar-refractivity contribution in [3.05, 3.63) is 35.9 Å². The Labute approximate surface area is 82.9 Å². The van der Waals surface area contributed by atoms with Crippen LogP contribution in [-0.2, 0) is 0 Å². The molecule has 1 rings (SSSR count). The second-order valence-electron chi connectivity index (χ2n) is 2.71. The molecule has 70 valence electrons. The minimum absolute atomic E-state index is 0.228. The van der Waals surface area contributed by atoms with Gasteiger partial charge in [0.05, 0.1) is 18.5 Å². The maximum absolute atomic E-state index is 9.09. The van der Waals surface area contributed by atoms with Gasteiger partial charge in [0.15, 0.2) is 0 Å². The predicted molar refractivity (Wildman–Crippen MR) is 55.6 cm³/mol. The number of nitrogens with zero attached hydrogens (tertiary/aromatic N) is 1. The van der Waals surface area contributed by atoms with Crippen molar-refractivity contribution in [2.45, 2.75) is 6.10 Å². The number of aliphatic hydroxyl groups excluding tert-OH is 1. The number of halogens is 1. The minimum atomic E-state index is -0.540. The summed E-state index contributed by atoms with van der Waals surface area (Å²) in [7, 11) is 0. The highest BCUT2D eigenvalue weighted by atomic mass is 35.5. The van der Waals surface area contributed by atoms with Gasteiger partial charge in [-0.05, 0) is 5.56 Å². The predicted octanol–water partition coefficient (Wildman–Crippen LogP) is 1.71. The molecular formula is C10H12ClNO. The summed E-state index contributed by atoms with van der Waals surface area (Å²) in [5, 5.41) is 9.09. The van der Waals surface area contributed by atoms with Gasteiger partial charge in [0.1, 0.15) is 0 Å². The van der Waals surface area contributed by atoms with E-state index >= 15 is 0 Å². The molecule has 0 aromatic heterocycles. The van der Waals surface area contributed by atoms with Gasteiger partial charge >= 0.3 is 0 Å². The van der Waals surface area contributed by atoms with Crippen LogP contribution in [0.3, 0.4) is 0 Å². The highest BCUT2D eigenvalue weighted by Gasteiger charge is 1.97. The Morgan fingerprint density at radius 3 is 2.69 bits per heavy atom. The summed E-state index contributed by atoms with van der Waals surface area (Å²) < 4.78 is 0. The van der Waals surface area contributed by atoms with Gasteiger partial charge in [0.25, 0.3) is 0 Å². The number of hydrogen-bond donors (Lipinski definition) is 1. The minimum Gasteiger partial charge on any atom is -0.390 e. The smallest absolute Gasteiger partial charge is 0.0870 e. The van der Waals surface area contributed by atoms with E-state index in [9.17, 15) is 0 Å². The lowest BCUT2D eigenvalue weighted by atomic mass is 10.2. The highest BCUT2D eigenvalue weighted by molar-refractivity contribution is 6.18. The van der Waals surface area contributed by atoms with Crippen LogP contribution in [0.4, 0.5) is 0 Å². The van der Waals surface area contributed by atoms with E-state index in [1.807, 2.05) is 30.3 Å². The lowest BCUT2D eigenvalue weighted by molar-refractivity contribution is 0.207. The number of hydrogen-bond acceptors (Lipinski definition) is 2. The van der Waals surface area contributed by atoms with Crippen LogP contribution in [0.15, 0.2) is 35.3 Å². The fourth-order valence-corrected chi connectivity index (χ4v) is 0.965. The Bertz CT molecular complexity index is 261. The van der Waals surface area contributed by atoms with Crippen LogP contribution in [0, 0.1) is 0 Å². The van der Waals surface area contributed by atoms with E-state index in [0.717, 1.165) is 5.56 Å². The molecule has 3 heteroatoms. The zero-order valence-electron chi connectivity index (χ0n) is 7.23. The van der Waals surface area contributed by atoms with E-state index in [2.05, 4.69) is 4.99 Å². The third-order valence-electron chi connectivity index (χ3n) is 1.53. The lowest BCUT2D eigenvalue weighted by Gasteiger charge is -1.99. The van der Waals surface area contributed by atoms with Gasteiger partial charge in [-0.1, -0.05) is 30.3 Å². The molecular weight excluding hydrogens is 186 g/mol. The fourth-order valence-electron chi connectivity index (χ4n) is 0.868. The van der Waals surface area contributed by atoms with E-state index in [-0.39, 0.29) is 5.88 Å². The average molecular weight is 198 g/mol. The summed E-state index contributed by atoms with van der Waals surface area (Å²) in [6.45, 7) is 0.360. The van der Waals surface area contributed by atoms with Crippen LogP contribution in [0.2, 0.25) is 0 Å². The van der Waals surface area contributed by atoms with E-state index in [4.69, 9.17) is 16.7 Å². The molecule has 0 aliphatic carbocycles. The molecule has 0 saturated heterocycles. The molecule has 0 amide bonds. The summed E-state index contributed by atoms with van der Waals surface area (Å²) >= 11 is 5.41. The molecule has 0 bridgehead atoms. The van der Waals surface area contributed by atoms with Crippen LogP contribution >= 0.6 is 11.6 Å². The Kier molecular flexibility index (Phi) is 4.50. The summed E-state index contributed by atoms with van der Waals surface area (Å²) in [6.07, 6.45) is 1.19. The molecule has 13 heavy (non-hydrogen) atoms. The molecule has 1 aromatic carbocycles. The number of aliphatic imine (C=N–C) groups is 1. The van der Waals surface area contributed by atoms with Crippen molar-refractivity contribution in [3.63, 3.8) is 0 Å². The van der Waals surface area contributed by atoms with Crippen molar-refractivity contribution in [1.29, 1.82) is 0 Å². The maximum atomic E-state index is 9.09. The average Bonchev–Trinajstić information content (AvgIpc) is 2.19. The molecule has 0 aliphatic rings. The molecule has 1 N–H and O–H groups in total. The monoisotopic (exact) mass is 197 g/mol. The highest BCUT2D eigenvalue weighted by Crippen LogP contribution is 1.95. The molecule has 0 aliphatic heterocycles. The van der Waals surface area contributed by atoms with E-state index in [1.54, 1.807) is 6.21 Å². The van der Waals surface area contributed by atoms with Crippen LogP contribution in [0.5, 0.6) is 0 Å². The van der Waals surface area contributed by atoms with Crippen molar-refractivity contribution in [2.75, 3.05) is 12.4 Å². The first kappa shape index (κ1) is 10.2. The Balaban J connectivity index is 2.41. The largest absolute Gasteiger partial charge is 0.390 e. The van der Waals surface area contributed by atoms with E-state index in [0.29, 0.717) is 6.54 Å². The fraction of sp³-hybridized carbons (Fsp3) is 0.300. The Morgan fingerprint density at radius 2 is 2.08 bits per heavy atom. The third kappa shape index (κ3) is 4.06. The third-order valence-corrected chi connectivity index (χ3v) is 1.89. The number of benzene rings is 1. The second-order valence-corrected chi connectivity index (χ2v) is 3.02. The first-order chi connectivity index (χ1) is 6.33. The molecule has 2 nitrogen and oxygen atoms in total. The topological polar surface area (TPSA) is 32.6 Å². The zero-order chi connectivity index (χ0) is 9.52. The van der Waals surface area contributed by atoms with Gasteiger partial charge in [-0.2, -0.15) is 0 Å². The van der Waals surface area contributed by atoms with Gasteiger partial charge in [-0.25, -0.2) is 0 Å². The quantitative estimate of drug-likeness (QED) is 0.579. The van der Waals surface area contributed by atoms with E-state index < -0.39 is 6.10 Å². The number of alkyl halides is 1. The molecule has 0 fully saturated rings. The van der Waals surface area contributed by atoms with Gasteiger partial charge in [-0.3, -0.25) is 4.99 Å². The van der Waals surface area contributed by atoms with Crippen LogP contribution in [0.25, 0.3) is 0 Å². The van der Waals surface area contributed by atoms with Crippen molar-refractivity contribution in [1.82, 2.24) is 0 Å². The maximum Gasteiger partial charge on any atom is 0.0870 e. The molecule has 0 saturated carbocycles. The number of rotatable bonds is 4. The lowest BCUT2D eigenvalue weighted by Crippen LogP contribution is -2.12. The number of aliphatic hydroxyl groups is 1. The molecule has 0 radical (unpaired) electrons. The summed E-state index contributed by atoms with van der Waals surface area (Å²) in [5.41, 5.74) is 1.03. The van der Waals surface area contributed by atoms with Crippen LogP contribution < -0.4 is 0 Å². The van der Waals surface area contributed by atoms with Gasteiger partial charge < -0.3 is 5.11 Å². The van der Waals surface area contributed by atoms with Crippen molar-refractivity contribution >= 4 is 17.8 Å². The van der Waals surface area contributed by atoms with E-state index in [1.165, 1.54) is 0 Å². The first-order valence-electron chi connectivity index (χ1n) is 4.12. The van der Waals surface area contributed by atoms with Gasteiger partial charge in [-0.15, -0.1) is 11.6 Å². The molecule has 0 heterocycles. The van der Waals surface area contributed by atoms with Crippen molar-refractivity contribution < 1.29 is 5.11 Å². The second kappa shape index (κ2) is 5.73. The van der Waals surface area contributed by atoms with Gasteiger partial charge in [0, 0.05) is 6.21 Å². The van der Waals surface area contributed by atoms with Crippen molar-refractivity contribution in [3.8, 4) is 0 Å². The Morgan fingerprint density at radius 1 is 1.38 bits per heavy atom. The zero-order valence-corrected chi connectivity index (χ0v) is 7.98. The normalized spacial score (nSPS) is 13.4. The Hall–Kier alpha value is -0.860. The summed E-state index contributed by atoms with van der Waals surface area (Å²) in [5.74, 6) is 0.228. The summed E-state index contributed by atoms with van der Waals surface area (Å²) in [4.78, 5) is 4.05. The molecule has 0 unspecified atom stereocenters. The standard InChI is InChI=1S/C10H12ClNO/c11-6-10(13)8-12-7-9-4-2-1-3-5-9/h1-5,7,10,13H,6,8H2/b12-7+/t10-/m1/s1. The first-order valence-corrected chi connectivity index (χ1v) is 4.65.